The van der Waals surface area contributed by atoms with E-state index in [-0.39, 0.29) is 35.5 Å². The molecule has 0 aliphatic rings. The number of nitrogens with one attached hydrogen (secondary N) is 1. The molecule has 0 atom stereocenters. The van der Waals surface area contributed by atoms with Crippen molar-refractivity contribution >= 4 is 23.5 Å². The van der Waals surface area contributed by atoms with Crippen LogP contribution in [0.3, 0.4) is 0 Å². The van der Waals surface area contributed by atoms with Gasteiger partial charge in [0.15, 0.2) is 6.61 Å². The molecule has 0 radical (unpaired) electrons. The smallest absolute Gasteiger partial charge is 0.422 e. The predicted molar refractivity (Wildman–Crippen MR) is 126 cm³/mol. The molecule has 0 aliphatic heterocycles. The number of carbonyl (C=O) groups is 1. The third-order valence-corrected chi connectivity index (χ3v) is 4.74. The van der Waals surface area contributed by atoms with E-state index in [2.05, 4.69) is 20.3 Å². The number of ether oxygens (including phenoxy) is 2. The zero-order valence-corrected chi connectivity index (χ0v) is 20.4. The number of anilines is 1. The summed E-state index contributed by atoms with van der Waals surface area (Å²) in [5.41, 5.74) is 1.10. The van der Waals surface area contributed by atoms with Gasteiger partial charge in [-0.3, -0.25) is 0 Å². The number of hydrogen-bond acceptors (Lipinski definition) is 8. The van der Waals surface area contributed by atoms with Crippen molar-refractivity contribution in [2.45, 2.75) is 45.5 Å². The Kier molecular flexibility index (Phi) is 8.24. The van der Waals surface area contributed by atoms with E-state index < -0.39 is 30.4 Å². The van der Waals surface area contributed by atoms with E-state index in [9.17, 15) is 23.1 Å². The molecule has 1 aromatic heterocycles. The Balaban J connectivity index is 1.78. The molecule has 0 unspecified atom stereocenters. The molecule has 12 heteroatoms. The first-order valence-electron chi connectivity index (χ1n) is 10.8. The number of aromatic hydroxyl groups is 1. The highest BCUT2D eigenvalue weighted by Crippen LogP contribution is 2.24. The highest BCUT2D eigenvalue weighted by atomic mass is 35.5. The highest BCUT2D eigenvalue weighted by molar-refractivity contribution is 6.32. The lowest BCUT2D eigenvalue weighted by Gasteiger charge is -2.19. The molecule has 8 nitrogen and oxygen atoms in total. The van der Waals surface area contributed by atoms with Crippen LogP contribution in [0.25, 0.3) is 0 Å². The van der Waals surface area contributed by atoms with Crippen LogP contribution in [-0.2, 0) is 17.7 Å². The van der Waals surface area contributed by atoms with Crippen LogP contribution in [0.5, 0.6) is 11.8 Å². The molecule has 0 amide bonds. The molecule has 0 aliphatic carbocycles. The second-order valence-corrected chi connectivity index (χ2v) is 9.18. The number of aromatic nitrogens is 3. The summed E-state index contributed by atoms with van der Waals surface area (Å²) in [4.78, 5) is 24.4. The summed E-state index contributed by atoms with van der Waals surface area (Å²) in [5, 5.41) is 12.6. The summed E-state index contributed by atoms with van der Waals surface area (Å²) >= 11 is 5.91. The van der Waals surface area contributed by atoms with Gasteiger partial charge in [0.2, 0.25) is 5.95 Å². The molecule has 0 fully saturated rings. The second kappa shape index (κ2) is 11.0. The highest BCUT2D eigenvalue weighted by Gasteiger charge is 2.29. The molecule has 1 heterocycles. The average Bonchev–Trinajstić information content (AvgIpc) is 2.77. The molecular weight excluding hydrogens is 501 g/mol. The van der Waals surface area contributed by atoms with E-state index in [4.69, 9.17) is 21.1 Å². The number of hydrogen-bond donors (Lipinski definition) is 2. The van der Waals surface area contributed by atoms with Crippen molar-refractivity contribution < 1.29 is 32.5 Å². The third kappa shape index (κ3) is 8.56. The van der Waals surface area contributed by atoms with Crippen LogP contribution in [0.1, 0.15) is 48.1 Å². The van der Waals surface area contributed by atoms with Gasteiger partial charge in [0.1, 0.15) is 17.2 Å². The van der Waals surface area contributed by atoms with Gasteiger partial charge in [-0.15, -0.1) is 0 Å². The maximum atomic E-state index is 12.7. The van der Waals surface area contributed by atoms with Crippen LogP contribution in [0.4, 0.5) is 19.1 Å². The maximum absolute atomic E-state index is 12.7. The number of nitrogens with zero attached hydrogens (tertiary/aromatic N) is 3. The molecule has 2 aromatic carbocycles. The fraction of sp³-hybridized carbons (Fsp3) is 0.333. The molecular formula is C24H24ClF3N4O4. The largest absolute Gasteiger partial charge is 0.506 e. The standard InChI is InChI=1S/C24H24ClF3N4O4/c1-23(2,3)36-20(34)16-7-4-14(5-8-16)11-19-30-21(32-22(31-19)35-13-24(26,27)28)29-12-15-6-9-18(33)17(25)10-15/h4-10,33H,11-13H2,1-3H3,(H,29,30,31,32). The van der Waals surface area contributed by atoms with Gasteiger partial charge in [0.05, 0.1) is 10.6 Å². The third-order valence-electron chi connectivity index (χ3n) is 4.44. The zero-order chi connectivity index (χ0) is 26.5. The van der Waals surface area contributed by atoms with Gasteiger partial charge >= 0.3 is 18.2 Å². The maximum Gasteiger partial charge on any atom is 0.422 e. The molecule has 0 saturated carbocycles. The lowest BCUT2D eigenvalue weighted by Crippen LogP contribution is -2.23. The summed E-state index contributed by atoms with van der Waals surface area (Å²) in [6.45, 7) is 3.90. The van der Waals surface area contributed by atoms with Crippen molar-refractivity contribution in [2.75, 3.05) is 11.9 Å². The molecule has 2 N–H and O–H groups in total. The van der Waals surface area contributed by atoms with E-state index in [0.29, 0.717) is 16.7 Å². The quantitative estimate of drug-likeness (QED) is 0.381. The van der Waals surface area contributed by atoms with Crippen LogP contribution in [0, 0.1) is 0 Å². The molecule has 0 bridgehead atoms. The van der Waals surface area contributed by atoms with Crippen LogP contribution in [-0.4, -0.2) is 44.4 Å². The average molecular weight is 525 g/mol. The van der Waals surface area contributed by atoms with Gasteiger partial charge in [-0.1, -0.05) is 29.8 Å². The molecule has 3 aromatic rings. The van der Waals surface area contributed by atoms with E-state index in [1.165, 1.54) is 12.1 Å². The molecule has 3 rings (SSSR count). The summed E-state index contributed by atoms with van der Waals surface area (Å²) in [5.74, 6) is -0.411. The van der Waals surface area contributed by atoms with E-state index >= 15 is 0 Å². The van der Waals surface area contributed by atoms with Gasteiger partial charge < -0.3 is 19.9 Å². The van der Waals surface area contributed by atoms with E-state index in [1.54, 1.807) is 51.1 Å². The van der Waals surface area contributed by atoms with Crippen molar-refractivity contribution in [1.29, 1.82) is 0 Å². The SMILES string of the molecule is CC(C)(C)OC(=O)c1ccc(Cc2nc(NCc3ccc(O)c(Cl)c3)nc(OCC(F)(F)F)n2)cc1. The summed E-state index contributed by atoms with van der Waals surface area (Å²) in [6.07, 6.45) is -4.43. The number of esters is 1. The number of halogens is 4. The van der Waals surface area contributed by atoms with Gasteiger partial charge in [-0.2, -0.15) is 28.1 Å². The van der Waals surface area contributed by atoms with Gasteiger partial charge in [-0.25, -0.2) is 4.79 Å². The summed E-state index contributed by atoms with van der Waals surface area (Å²) in [6, 6.07) is 10.6. The van der Waals surface area contributed by atoms with Crippen molar-refractivity contribution in [3.63, 3.8) is 0 Å². The van der Waals surface area contributed by atoms with Crippen molar-refractivity contribution in [3.8, 4) is 11.8 Å². The van der Waals surface area contributed by atoms with Crippen LogP contribution >= 0.6 is 11.6 Å². The number of benzene rings is 2. The summed E-state index contributed by atoms with van der Waals surface area (Å²) in [7, 11) is 0. The predicted octanol–water partition coefficient (Wildman–Crippen LogP) is 5.33. The monoisotopic (exact) mass is 524 g/mol. The number of phenolic OH excluding ortho intramolecular Hbond substituents is 1. The minimum absolute atomic E-state index is 0.00764. The lowest BCUT2D eigenvalue weighted by atomic mass is 10.1. The Hall–Kier alpha value is -3.60. The first-order chi connectivity index (χ1) is 16.8. The Morgan fingerprint density at radius 3 is 2.31 bits per heavy atom. The molecule has 0 spiro atoms. The van der Waals surface area contributed by atoms with E-state index in [1.807, 2.05) is 0 Å². The van der Waals surface area contributed by atoms with Gasteiger partial charge in [-0.05, 0) is 56.2 Å². The number of rotatable bonds is 8. The van der Waals surface area contributed by atoms with E-state index in [0.717, 1.165) is 0 Å². The van der Waals surface area contributed by atoms with Crippen LogP contribution in [0.2, 0.25) is 5.02 Å². The topological polar surface area (TPSA) is 106 Å². The molecule has 36 heavy (non-hydrogen) atoms. The summed E-state index contributed by atoms with van der Waals surface area (Å²) < 4.78 is 48.0. The second-order valence-electron chi connectivity index (χ2n) is 8.78. The Bertz CT molecular complexity index is 1220. The fourth-order valence-corrected chi connectivity index (χ4v) is 3.09. The number of alkyl halides is 3. The Labute approximate surface area is 210 Å². The van der Waals surface area contributed by atoms with Gasteiger partial charge in [0.25, 0.3) is 0 Å². The molecule has 192 valence electrons. The lowest BCUT2D eigenvalue weighted by molar-refractivity contribution is -0.154. The Morgan fingerprint density at radius 1 is 1.03 bits per heavy atom. The van der Waals surface area contributed by atoms with Crippen molar-refractivity contribution in [1.82, 2.24) is 15.0 Å². The van der Waals surface area contributed by atoms with Crippen molar-refractivity contribution in [3.05, 3.63) is 70.0 Å². The normalized spacial score (nSPS) is 11.8. The Morgan fingerprint density at radius 2 is 1.69 bits per heavy atom. The number of carbonyl (C=O) groups excluding carboxylic acids is 1. The van der Waals surface area contributed by atoms with Crippen molar-refractivity contribution in [2.24, 2.45) is 0 Å². The fourth-order valence-electron chi connectivity index (χ4n) is 2.89. The van der Waals surface area contributed by atoms with Crippen LogP contribution in [0.15, 0.2) is 42.5 Å². The van der Waals surface area contributed by atoms with Crippen LogP contribution < -0.4 is 10.1 Å². The minimum Gasteiger partial charge on any atom is -0.506 e. The first kappa shape index (κ1) is 27.0. The zero-order valence-electron chi connectivity index (χ0n) is 19.7. The molecule has 0 saturated heterocycles. The minimum atomic E-state index is -4.57. The number of phenols is 1. The first-order valence-corrected chi connectivity index (χ1v) is 11.1. The van der Waals surface area contributed by atoms with Gasteiger partial charge in [0, 0.05) is 13.0 Å².